The van der Waals surface area contributed by atoms with Gasteiger partial charge in [-0.25, -0.2) is 9.18 Å². The van der Waals surface area contributed by atoms with Crippen LogP contribution in [-0.4, -0.2) is 29.5 Å². The maximum atomic E-state index is 13.1. The average molecular weight is 299 g/mol. The van der Waals surface area contributed by atoms with Gasteiger partial charge in [-0.05, 0) is 19.9 Å². The summed E-state index contributed by atoms with van der Waals surface area (Å²) in [5.41, 5.74) is -0.478. The van der Waals surface area contributed by atoms with Crippen LogP contribution in [0.5, 0.6) is 5.75 Å². The molecule has 1 rings (SSSR count). The third-order valence-corrected chi connectivity index (χ3v) is 2.37. The van der Waals surface area contributed by atoms with Gasteiger partial charge in [0.25, 0.3) is 5.91 Å². The number of carbonyl (C=O) groups is 2. The van der Waals surface area contributed by atoms with Crippen molar-refractivity contribution in [3.8, 4) is 5.75 Å². The monoisotopic (exact) mass is 299 g/mol. The van der Waals surface area contributed by atoms with E-state index in [0.717, 1.165) is 18.2 Å². The van der Waals surface area contributed by atoms with Crippen LogP contribution in [0.4, 0.5) is 14.9 Å². The molecular formula is C12H14FN3O5. The van der Waals surface area contributed by atoms with Crippen LogP contribution >= 0.6 is 0 Å². The Hall–Kier alpha value is -2.71. The zero-order valence-corrected chi connectivity index (χ0v) is 11.4. The molecule has 0 radical (unpaired) electrons. The molecule has 0 saturated heterocycles. The fourth-order valence-corrected chi connectivity index (χ4v) is 1.40. The summed E-state index contributed by atoms with van der Waals surface area (Å²) in [5, 5.41) is 15.1. The van der Waals surface area contributed by atoms with Gasteiger partial charge >= 0.3 is 11.7 Å². The summed E-state index contributed by atoms with van der Waals surface area (Å²) in [7, 11) is 0. The SMILES string of the molecule is CCNC(=O)NC(=O)C(C)Oc1cc(F)ccc1[N+](=O)[O-]. The summed E-state index contributed by atoms with van der Waals surface area (Å²) in [6.45, 7) is 3.27. The number of nitro groups is 1. The van der Waals surface area contributed by atoms with Gasteiger partial charge in [0, 0.05) is 18.7 Å². The zero-order chi connectivity index (χ0) is 16.0. The van der Waals surface area contributed by atoms with Crippen LogP contribution in [0.1, 0.15) is 13.8 Å². The van der Waals surface area contributed by atoms with E-state index in [1.54, 1.807) is 6.92 Å². The lowest BCUT2D eigenvalue weighted by Crippen LogP contribution is -2.45. The van der Waals surface area contributed by atoms with E-state index < -0.39 is 40.2 Å². The first-order chi connectivity index (χ1) is 9.85. The molecule has 3 amide bonds. The van der Waals surface area contributed by atoms with Gasteiger partial charge in [-0.2, -0.15) is 0 Å². The standard InChI is InChI=1S/C12H14FN3O5/c1-3-14-12(18)15-11(17)7(2)21-10-6-8(13)4-5-9(10)16(19)20/h4-7H,3H2,1-2H3,(H2,14,15,17,18). The van der Waals surface area contributed by atoms with Gasteiger partial charge in [-0.1, -0.05) is 0 Å². The minimum absolute atomic E-state index is 0.323. The number of ether oxygens (including phenoxy) is 1. The molecule has 8 nitrogen and oxygen atoms in total. The van der Waals surface area contributed by atoms with Gasteiger partial charge in [-0.15, -0.1) is 0 Å². The van der Waals surface area contributed by atoms with Crippen molar-refractivity contribution in [2.45, 2.75) is 20.0 Å². The van der Waals surface area contributed by atoms with E-state index in [9.17, 15) is 24.1 Å². The van der Waals surface area contributed by atoms with Crippen molar-refractivity contribution < 1.29 is 23.6 Å². The van der Waals surface area contributed by atoms with E-state index in [1.807, 2.05) is 5.32 Å². The molecular weight excluding hydrogens is 285 g/mol. The largest absolute Gasteiger partial charge is 0.474 e. The Balaban J connectivity index is 2.80. The number of carbonyl (C=O) groups excluding carboxylic acids is 2. The molecule has 0 heterocycles. The van der Waals surface area contributed by atoms with Gasteiger partial charge < -0.3 is 10.1 Å². The fraction of sp³-hybridized carbons (Fsp3) is 0.333. The summed E-state index contributed by atoms with van der Waals surface area (Å²) >= 11 is 0. The van der Waals surface area contributed by atoms with Gasteiger partial charge in [0.2, 0.25) is 5.75 Å². The van der Waals surface area contributed by atoms with Crippen molar-refractivity contribution >= 4 is 17.6 Å². The topological polar surface area (TPSA) is 111 Å². The minimum Gasteiger partial charge on any atom is -0.474 e. The van der Waals surface area contributed by atoms with Crippen LogP contribution in [0, 0.1) is 15.9 Å². The Labute approximate surface area is 119 Å². The highest BCUT2D eigenvalue weighted by molar-refractivity contribution is 5.96. The Morgan fingerprint density at radius 2 is 2.14 bits per heavy atom. The highest BCUT2D eigenvalue weighted by atomic mass is 19.1. The summed E-state index contributed by atoms with van der Waals surface area (Å²) in [6.07, 6.45) is -1.21. The second kappa shape index (κ2) is 7.17. The van der Waals surface area contributed by atoms with Crippen LogP contribution in [0.25, 0.3) is 0 Å². The maximum absolute atomic E-state index is 13.1. The first kappa shape index (κ1) is 16.3. The molecule has 0 aliphatic carbocycles. The normalized spacial score (nSPS) is 11.4. The molecule has 0 aliphatic rings. The summed E-state index contributed by atoms with van der Waals surface area (Å²) in [4.78, 5) is 32.8. The van der Waals surface area contributed by atoms with Crippen molar-refractivity contribution in [3.63, 3.8) is 0 Å². The number of imide groups is 1. The number of amides is 3. The molecule has 0 fully saturated rings. The Kier molecular flexibility index (Phi) is 5.58. The number of urea groups is 1. The van der Waals surface area contributed by atoms with Crippen LogP contribution < -0.4 is 15.4 Å². The second-order valence-corrected chi connectivity index (χ2v) is 3.98. The predicted octanol–water partition coefficient (Wildman–Crippen LogP) is 1.35. The zero-order valence-electron chi connectivity index (χ0n) is 11.4. The lowest BCUT2D eigenvalue weighted by molar-refractivity contribution is -0.386. The first-order valence-corrected chi connectivity index (χ1v) is 6.04. The molecule has 0 saturated carbocycles. The lowest BCUT2D eigenvalue weighted by Gasteiger charge is -2.14. The molecule has 2 N–H and O–H groups in total. The molecule has 0 aliphatic heterocycles. The highest BCUT2D eigenvalue weighted by Gasteiger charge is 2.22. The molecule has 0 bridgehead atoms. The minimum atomic E-state index is -1.21. The third-order valence-electron chi connectivity index (χ3n) is 2.37. The number of hydrogen-bond acceptors (Lipinski definition) is 5. The Morgan fingerprint density at radius 1 is 1.48 bits per heavy atom. The number of nitrogens with one attached hydrogen (secondary N) is 2. The van der Waals surface area contributed by atoms with Crippen molar-refractivity contribution in [1.29, 1.82) is 0 Å². The van der Waals surface area contributed by atoms with Gasteiger partial charge in [0.1, 0.15) is 5.82 Å². The number of benzene rings is 1. The average Bonchev–Trinajstić information content (AvgIpc) is 2.38. The van der Waals surface area contributed by atoms with Crippen molar-refractivity contribution in [3.05, 3.63) is 34.1 Å². The van der Waals surface area contributed by atoms with E-state index >= 15 is 0 Å². The van der Waals surface area contributed by atoms with E-state index in [-0.39, 0.29) is 0 Å². The number of halogens is 1. The molecule has 1 unspecified atom stereocenters. The van der Waals surface area contributed by atoms with E-state index in [4.69, 9.17) is 4.74 Å². The molecule has 1 aromatic carbocycles. The lowest BCUT2D eigenvalue weighted by atomic mass is 10.3. The van der Waals surface area contributed by atoms with Gasteiger partial charge in [0.15, 0.2) is 6.10 Å². The molecule has 1 aromatic rings. The Morgan fingerprint density at radius 3 is 2.71 bits per heavy atom. The van der Waals surface area contributed by atoms with Crippen LogP contribution in [-0.2, 0) is 4.79 Å². The van der Waals surface area contributed by atoms with E-state index in [0.29, 0.717) is 6.54 Å². The third kappa shape index (κ3) is 4.71. The summed E-state index contributed by atoms with van der Waals surface area (Å²) < 4.78 is 18.2. The van der Waals surface area contributed by atoms with E-state index in [1.165, 1.54) is 6.92 Å². The smallest absolute Gasteiger partial charge is 0.321 e. The Bertz CT molecular complexity index is 564. The molecule has 114 valence electrons. The van der Waals surface area contributed by atoms with Crippen LogP contribution in [0.3, 0.4) is 0 Å². The highest BCUT2D eigenvalue weighted by Crippen LogP contribution is 2.28. The predicted molar refractivity (Wildman–Crippen MR) is 70.4 cm³/mol. The fourth-order valence-electron chi connectivity index (χ4n) is 1.40. The maximum Gasteiger partial charge on any atom is 0.321 e. The van der Waals surface area contributed by atoms with Crippen molar-refractivity contribution in [2.75, 3.05) is 6.54 Å². The molecule has 0 spiro atoms. The summed E-state index contributed by atoms with van der Waals surface area (Å²) in [5.74, 6) is -1.94. The molecule has 1 atom stereocenters. The summed E-state index contributed by atoms with van der Waals surface area (Å²) in [6, 6.07) is 1.92. The van der Waals surface area contributed by atoms with Crippen molar-refractivity contribution in [1.82, 2.24) is 10.6 Å². The number of rotatable bonds is 5. The molecule has 9 heteroatoms. The van der Waals surface area contributed by atoms with Crippen LogP contribution in [0.2, 0.25) is 0 Å². The van der Waals surface area contributed by atoms with Gasteiger partial charge in [0.05, 0.1) is 4.92 Å². The second-order valence-electron chi connectivity index (χ2n) is 3.98. The number of hydrogen-bond donors (Lipinski definition) is 2. The number of nitro benzene ring substituents is 1. The molecule has 0 aromatic heterocycles. The quantitative estimate of drug-likeness (QED) is 0.629. The van der Waals surface area contributed by atoms with Gasteiger partial charge in [-0.3, -0.25) is 20.2 Å². The van der Waals surface area contributed by atoms with E-state index in [2.05, 4.69) is 5.32 Å². The number of nitrogens with zero attached hydrogens (tertiary/aromatic N) is 1. The van der Waals surface area contributed by atoms with Crippen LogP contribution in [0.15, 0.2) is 18.2 Å². The molecule has 21 heavy (non-hydrogen) atoms. The first-order valence-electron chi connectivity index (χ1n) is 6.04. The van der Waals surface area contributed by atoms with Crippen molar-refractivity contribution in [2.24, 2.45) is 0 Å².